The van der Waals surface area contributed by atoms with E-state index in [1.54, 1.807) is 0 Å². The number of nitrogens with zero attached hydrogens (tertiary/aromatic N) is 1. The molecule has 3 heteroatoms. The van der Waals surface area contributed by atoms with Crippen LogP contribution in [0.15, 0.2) is 0 Å². The first-order valence-electron chi connectivity index (χ1n) is 7.71. The molecule has 0 bridgehead atoms. The molecule has 2 aliphatic rings. The van der Waals surface area contributed by atoms with E-state index in [0.29, 0.717) is 5.41 Å². The zero-order valence-corrected chi connectivity index (χ0v) is 13.2. The summed E-state index contributed by atoms with van der Waals surface area (Å²) in [7, 11) is 0. The van der Waals surface area contributed by atoms with Crippen LogP contribution in [0.4, 0.5) is 4.79 Å². The second-order valence-electron chi connectivity index (χ2n) is 7.72. The Morgan fingerprint density at radius 2 is 1.79 bits per heavy atom. The third-order valence-corrected chi connectivity index (χ3v) is 4.96. The van der Waals surface area contributed by atoms with E-state index in [-0.39, 0.29) is 11.7 Å². The van der Waals surface area contributed by atoms with Crippen LogP contribution < -0.4 is 0 Å². The quantitative estimate of drug-likeness (QED) is 0.716. The monoisotopic (exact) mass is 267 g/mol. The van der Waals surface area contributed by atoms with Crippen molar-refractivity contribution in [3.63, 3.8) is 0 Å². The standard InChI is InChI=1S/C16H29NO2/c1-12(2)13-6-7-16(13)8-10-17(11-9-16)14(18)19-15(3,4)5/h12-13H,6-11H2,1-5H3. The molecule has 0 N–H and O–H groups in total. The Hall–Kier alpha value is -0.730. The molecule has 1 saturated heterocycles. The maximum Gasteiger partial charge on any atom is 0.410 e. The molecule has 1 aliphatic heterocycles. The van der Waals surface area contributed by atoms with Gasteiger partial charge in [0.25, 0.3) is 0 Å². The van der Waals surface area contributed by atoms with Gasteiger partial charge in [-0.3, -0.25) is 0 Å². The van der Waals surface area contributed by atoms with Crippen molar-refractivity contribution in [2.45, 2.75) is 65.9 Å². The largest absolute Gasteiger partial charge is 0.444 e. The van der Waals surface area contributed by atoms with E-state index in [4.69, 9.17) is 4.74 Å². The number of likely N-dealkylation sites (tertiary alicyclic amines) is 1. The lowest BCUT2D eigenvalue weighted by Gasteiger charge is -2.55. The highest BCUT2D eigenvalue weighted by Gasteiger charge is 2.49. The summed E-state index contributed by atoms with van der Waals surface area (Å²) in [5.74, 6) is 1.65. The van der Waals surface area contributed by atoms with Gasteiger partial charge in [0.15, 0.2) is 0 Å². The highest BCUT2D eigenvalue weighted by molar-refractivity contribution is 5.68. The Balaban J connectivity index is 1.88. The van der Waals surface area contributed by atoms with E-state index >= 15 is 0 Å². The number of hydrogen-bond acceptors (Lipinski definition) is 2. The first-order chi connectivity index (χ1) is 8.73. The normalized spacial score (nSPS) is 26.4. The summed E-state index contributed by atoms with van der Waals surface area (Å²) in [5, 5.41) is 0. The second-order valence-corrected chi connectivity index (χ2v) is 7.72. The van der Waals surface area contributed by atoms with Crippen molar-refractivity contribution in [1.82, 2.24) is 4.90 Å². The van der Waals surface area contributed by atoms with Crippen molar-refractivity contribution in [3.8, 4) is 0 Å². The van der Waals surface area contributed by atoms with Crippen molar-refractivity contribution >= 4 is 6.09 Å². The molecule has 0 aromatic heterocycles. The van der Waals surface area contributed by atoms with Crippen molar-refractivity contribution in [2.75, 3.05) is 13.1 Å². The van der Waals surface area contributed by atoms with Gasteiger partial charge in [-0.2, -0.15) is 0 Å². The summed E-state index contributed by atoms with van der Waals surface area (Å²) >= 11 is 0. The highest BCUT2D eigenvalue weighted by atomic mass is 16.6. The minimum atomic E-state index is -0.386. The molecule has 110 valence electrons. The molecule has 1 atom stereocenters. The fraction of sp³-hybridized carbons (Fsp3) is 0.938. The van der Waals surface area contributed by atoms with Gasteiger partial charge in [0.1, 0.15) is 5.60 Å². The fourth-order valence-electron chi connectivity index (χ4n) is 3.84. The van der Waals surface area contributed by atoms with E-state index in [1.165, 1.54) is 12.8 Å². The maximum absolute atomic E-state index is 12.1. The van der Waals surface area contributed by atoms with Crippen LogP contribution in [0.3, 0.4) is 0 Å². The Bertz CT molecular complexity index is 335. The van der Waals surface area contributed by atoms with Crippen molar-refractivity contribution in [2.24, 2.45) is 17.3 Å². The van der Waals surface area contributed by atoms with Gasteiger partial charge in [-0.05, 0) is 63.7 Å². The van der Waals surface area contributed by atoms with Gasteiger partial charge < -0.3 is 9.64 Å². The predicted molar refractivity (Wildman–Crippen MR) is 77.0 cm³/mol. The van der Waals surface area contributed by atoms with E-state index in [9.17, 15) is 4.79 Å². The number of carbonyl (C=O) groups is 1. The van der Waals surface area contributed by atoms with E-state index in [0.717, 1.165) is 37.8 Å². The molecule has 1 heterocycles. The number of hydrogen-bond donors (Lipinski definition) is 0. The lowest BCUT2D eigenvalue weighted by Crippen LogP contribution is -2.52. The highest BCUT2D eigenvalue weighted by Crippen LogP contribution is 2.56. The third-order valence-electron chi connectivity index (χ3n) is 4.96. The van der Waals surface area contributed by atoms with Gasteiger partial charge in [0.05, 0.1) is 0 Å². The van der Waals surface area contributed by atoms with E-state index < -0.39 is 0 Å². The van der Waals surface area contributed by atoms with Crippen LogP contribution in [0.1, 0.15) is 60.3 Å². The molecule has 0 aromatic rings. The average molecular weight is 267 g/mol. The summed E-state index contributed by atoms with van der Waals surface area (Å²) in [6.45, 7) is 12.2. The molecule has 1 saturated carbocycles. The minimum absolute atomic E-state index is 0.136. The summed E-state index contributed by atoms with van der Waals surface area (Å²) < 4.78 is 5.46. The summed E-state index contributed by atoms with van der Waals surface area (Å²) in [6, 6.07) is 0. The van der Waals surface area contributed by atoms with Crippen molar-refractivity contribution in [1.29, 1.82) is 0 Å². The maximum atomic E-state index is 12.1. The average Bonchev–Trinajstić information content (AvgIpc) is 2.24. The molecule has 1 spiro atoms. The van der Waals surface area contributed by atoms with Crippen LogP contribution in [0.2, 0.25) is 0 Å². The molecule has 19 heavy (non-hydrogen) atoms. The Labute approximate surface area is 117 Å². The molecule has 1 unspecified atom stereocenters. The number of carbonyl (C=O) groups excluding carboxylic acids is 1. The molecule has 3 nitrogen and oxygen atoms in total. The lowest BCUT2D eigenvalue weighted by atomic mass is 9.52. The van der Waals surface area contributed by atoms with Gasteiger partial charge in [-0.25, -0.2) is 4.79 Å². The zero-order valence-electron chi connectivity index (χ0n) is 13.2. The second kappa shape index (κ2) is 4.99. The fourth-order valence-corrected chi connectivity index (χ4v) is 3.84. The van der Waals surface area contributed by atoms with Gasteiger partial charge >= 0.3 is 6.09 Å². The summed E-state index contributed by atoms with van der Waals surface area (Å²) in [6.07, 6.45) is 4.93. The number of piperidine rings is 1. The van der Waals surface area contributed by atoms with Crippen LogP contribution in [-0.2, 0) is 4.74 Å². The zero-order chi connectivity index (χ0) is 14.3. The van der Waals surface area contributed by atoms with Crippen molar-refractivity contribution in [3.05, 3.63) is 0 Å². The van der Waals surface area contributed by atoms with Gasteiger partial charge in [-0.1, -0.05) is 13.8 Å². The first kappa shape index (κ1) is 14.7. The number of ether oxygens (including phenoxy) is 1. The topological polar surface area (TPSA) is 29.5 Å². The van der Waals surface area contributed by atoms with E-state index in [1.807, 2.05) is 25.7 Å². The Morgan fingerprint density at radius 1 is 1.21 bits per heavy atom. The van der Waals surface area contributed by atoms with Crippen molar-refractivity contribution < 1.29 is 9.53 Å². The first-order valence-corrected chi connectivity index (χ1v) is 7.71. The van der Waals surface area contributed by atoms with Crippen LogP contribution in [0.5, 0.6) is 0 Å². The van der Waals surface area contributed by atoms with Gasteiger partial charge in [0, 0.05) is 13.1 Å². The van der Waals surface area contributed by atoms with Gasteiger partial charge in [-0.15, -0.1) is 0 Å². The molecule has 2 rings (SSSR count). The molecule has 2 fully saturated rings. The summed E-state index contributed by atoms with van der Waals surface area (Å²) in [5.41, 5.74) is 0.149. The Morgan fingerprint density at radius 3 is 2.16 bits per heavy atom. The SMILES string of the molecule is CC(C)C1CCC12CCN(C(=O)OC(C)(C)C)CC2. The van der Waals surface area contributed by atoms with Crippen LogP contribution >= 0.6 is 0 Å². The third kappa shape index (κ3) is 3.06. The summed E-state index contributed by atoms with van der Waals surface area (Å²) in [4.78, 5) is 13.9. The minimum Gasteiger partial charge on any atom is -0.444 e. The molecule has 1 amide bonds. The van der Waals surface area contributed by atoms with Crippen LogP contribution in [-0.4, -0.2) is 29.7 Å². The smallest absolute Gasteiger partial charge is 0.410 e. The molecular weight excluding hydrogens is 238 g/mol. The van der Waals surface area contributed by atoms with Gasteiger partial charge in [0.2, 0.25) is 0 Å². The molecule has 0 radical (unpaired) electrons. The van der Waals surface area contributed by atoms with Crippen LogP contribution in [0, 0.1) is 17.3 Å². The number of rotatable bonds is 1. The Kier molecular flexibility index (Phi) is 3.85. The molecule has 1 aliphatic carbocycles. The van der Waals surface area contributed by atoms with Crippen LogP contribution in [0.25, 0.3) is 0 Å². The lowest BCUT2D eigenvalue weighted by molar-refractivity contribution is -0.0605. The number of amides is 1. The predicted octanol–water partition coefficient (Wildman–Crippen LogP) is 4.07. The molecular formula is C16H29NO2. The molecule has 0 aromatic carbocycles. The van der Waals surface area contributed by atoms with E-state index in [2.05, 4.69) is 13.8 Å².